The third-order valence-corrected chi connectivity index (χ3v) is 4.91. The molecule has 0 spiro atoms. The molecule has 1 aromatic carbocycles. The van der Waals surface area contributed by atoms with Crippen LogP contribution in [0.3, 0.4) is 0 Å². The Hall–Kier alpha value is -2.99. The maximum Gasteiger partial charge on any atom is 0.270 e. The number of hydrogen-bond acceptors (Lipinski definition) is 4. The summed E-state index contributed by atoms with van der Waals surface area (Å²) in [6.45, 7) is 0.536. The van der Waals surface area contributed by atoms with Gasteiger partial charge in [0.1, 0.15) is 11.3 Å². The number of aromatic nitrogens is 3. The van der Waals surface area contributed by atoms with Gasteiger partial charge in [-0.25, -0.2) is 9.97 Å². The Balaban J connectivity index is 1.32. The number of benzene rings is 1. The van der Waals surface area contributed by atoms with Crippen molar-refractivity contribution in [2.24, 2.45) is 0 Å². The molecule has 0 saturated heterocycles. The van der Waals surface area contributed by atoms with Crippen molar-refractivity contribution in [2.45, 2.75) is 12.8 Å². The van der Waals surface area contributed by atoms with Crippen molar-refractivity contribution in [1.82, 2.24) is 19.7 Å². The van der Waals surface area contributed by atoms with Crippen LogP contribution in [-0.4, -0.2) is 26.8 Å². The Bertz CT molecular complexity index is 989. The van der Waals surface area contributed by atoms with Crippen LogP contribution in [0.1, 0.15) is 26.8 Å². The van der Waals surface area contributed by atoms with Gasteiger partial charge in [0.05, 0.1) is 10.7 Å². The van der Waals surface area contributed by atoms with E-state index in [1.54, 1.807) is 0 Å². The molecule has 4 aromatic rings. The molecule has 6 heteroatoms. The molecule has 3 heterocycles. The summed E-state index contributed by atoms with van der Waals surface area (Å²) >= 11 is 1.52. The number of fused-ring (bicyclic) bond motifs is 1. The highest BCUT2D eigenvalue weighted by Crippen LogP contribution is 2.14. The number of imidazole rings is 1. The van der Waals surface area contributed by atoms with E-state index in [-0.39, 0.29) is 5.91 Å². The predicted octanol–water partition coefficient (Wildman–Crippen LogP) is 3.35. The molecule has 4 rings (SSSR count). The highest BCUT2D eigenvalue weighted by molar-refractivity contribution is 7.09. The zero-order valence-corrected chi connectivity index (χ0v) is 14.9. The molecule has 0 radical (unpaired) electrons. The van der Waals surface area contributed by atoms with Gasteiger partial charge >= 0.3 is 0 Å². The van der Waals surface area contributed by atoms with Gasteiger partial charge in [-0.15, -0.1) is 11.3 Å². The van der Waals surface area contributed by atoms with E-state index in [0.29, 0.717) is 18.7 Å². The van der Waals surface area contributed by atoms with E-state index >= 15 is 0 Å². The normalized spacial score (nSPS) is 10.9. The van der Waals surface area contributed by atoms with E-state index in [1.165, 1.54) is 16.9 Å². The molecule has 1 amide bonds. The number of nitrogens with one attached hydrogen (secondary N) is 1. The van der Waals surface area contributed by atoms with Gasteiger partial charge in [0.25, 0.3) is 5.91 Å². The highest BCUT2D eigenvalue weighted by Gasteiger charge is 2.11. The van der Waals surface area contributed by atoms with Crippen LogP contribution >= 0.6 is 11.3 Å². The number of amides is 1. The van der Waals surface area contributed by atoms with Gasteiger partial charge in [-0.3, -0.25) is 4.79 Å². The smallest absolute Gasteiger partial charge is 0.270 e. The predicted molar refractivity (Wildman–Crippen MR) is 103 cm³/mol. The summed E-state index contributed by atoms with van der Waals surface area (Å²) in [5.41, 5.74) is 3.55. The first-order valence-electron chi connectivity index (χ1n) is 8.47. The van der Waals surface area contributed by atoms with Crippen LogP contribution in [0.25, 0.3) is 5.65 Å². The molecular formula is C20H18N4OS. The first-order valence-corrected chi connectivity index (χ1v) is 9.35. The molecule has 0 saturated carbocycles. The minimum absolute atomic E-state index is 0.135. The molecule has 0 aliphatic rings. The van der Waals surface area contributed by atoms with E-state index < -0.39 is 0 Å². The molecule has 26 heavy (non-hydrogen) atoms. The number of carbonyl (C=O) groups excluding carboxylic acids is 1. The summed E-state index contributed by atoms with van der Waals surface area (Å²) < 4.78 is 1.98. The summed E-state index contributed by atoms with van der Waals surface area (Å²) in [7, 11) is 0. The summed E-state index contributed by atoms with van der Waals surface area (Å²) in [6, 6.07) is 16.0. The van der Waals surface area contributed by atoms with E-state index in [4.69, 9.17) is 0 Å². The Morgan fingerprint density at radius 2 is 1.92 bits per heavy atom. The van der Waals surface area contributed by atoms with Gasteiger partial charge in [-0.1, -0.05) is 36.4 Å². The Kier molecular flexibility index (Phi) is 4.75. The lowest BCUT2D eigenvalue weighted by molar-refractivity contribution is 0.0949. The van der Waals surface area contributed by atoms with Crippen LogP contribution in [0, 0.1) is 0 Å². The second kappa shape index (κ2) is 7.49. The fourth-order valence-electron chi connectivity index (χ4n) is 2.77. The lowest BCUT2D eigenvalue weighted by Gasteiger charge is -2.01. The van der Waals surface area contributed by atoms with Crippen molar-refractivity contribution >= 4 is 22.9 Å². The summed E-state index contributed by atoms with van der Waals surface area (Å²) in [6.07, 6.45) is 5.39. The van der Waals surface area contributed by atoms with Crippen molar-refractivity contribution in [3.63, 3.8) is 0 Å². The average molecular weight is 362 g/mol. The molecule has 1 N–H and O–H groups in total. The fourth-order valence-corrected chi connectivity index (χ4v) is 3.58. The van der Waals surface area contributed by atoms with Crippen LogP contribution in [0.15, 0.2) is 66.3 Å². The summed E-state index contributed by atoms with van der Waals surface area (Å²) in [4.78, 5) is 21.3. The standard InChI is InChI=1S/C20H18N4OS/c25-20(17-14-26-19(23-17)12-15-6-2-1-3-7-15)21-10-9-16-13-24-11-5-4-8-18(24)22-16/h1-8,11,13-14H,9-10,12H2,(H,21,25). The van der Waals surface area contributed by atoms with Gasteiger partial charge in [0.2, 0.25) is 0 Å². The van der Waals surface area contributed by atoms with Gasteiger partial charge in [-0.05, 0) is 17.7 Å². The summed E-state index contributed by atoms with van der Waals surface area (Å²) in [5, 5.41) is 5.69. The molecule has 130 valence electrons. The van der Waals surface area contributed by atoms with Crippen molar-refractivity contribution in [1.29, 1.82) is 0 Å². The van der Waals surface area contributed by atoms with Crippen molar-refractivity contribution in [3.05, 3.63) is 88.3 Å². The molecule has 0 bridgehead atoms. The first-order chi connectivity index (χ1) is 12.8. The van der Waals surface area contributed by atoms with E-state index in [9.17, 15) is 4.79 Å². The lowest BCUT2D eigenvalue weighted by Crippen LogP contribution is -2.26. The van der Waals surface area contributed by atoms with Gasteiger partial charge in [0, 0.05) is 37.2 Å². The number of pyridine rings is 1. The van der Waals surface area contributed by atoms with Crippen molar-refractivity contribution in [3.8, 4) is 0 Å². The van der Waals surface area contributed by atoms with E-state index in [2.05, 4.69) is 27.4 Å². The third kappa shape index (κ3) is 3.81. The van der Waals surface area contributed by atoms with Crippen LogP contribution in [0.2, 0.25) is 0 Å². The maximum atomic E-state index is 12.3. The van der Waals surface area contributed by atoms with Gasteiger partial charge in [0.15, 0.2) is 0 Å². The monoisotopic (exact) mass is 362 g/mol. The van der Waals surface area contributed by atoms with E-state index in [1.807, 2.05) is 58.6 Å². The Morgan fingerprint density at radius 3 is 2.77 bits per heavy atom. The van der Waals surface area contributed by atoms with Crippen LogP contribution in [0.4, 0.5) is 0 Å². The zero-order valence-electron chi connectivity index (χ0n) is 14.1. The lowest BCUT2D eigenvalue weighted by atomic mass is 10.2. The van der Waals surface area contributed by atoms with Crippen molar-refractivity contribution < 1.29 is 4.79 Å². The van der Waals surface area contributed by atoms with Crippen molar-refractivity contribution in [2.75, 3.05) is 6.54 Å². The van der Waals surface area contributed by atoms with E-state index in [0.717, 1.165) is 22.8 Å². The molecular weight excluding hydrogens is 344 g/mol. The SMILES string of the molecule is O=C(NCCc1cn2ccccc2n1)c1csc(Cc2ccccc2)n1. The molecule has 0 atom stereocenters. The van der Waals surface area contributed by atoms with Crippen LogP contribution in [-0.2, 0) is 12.8 Å². The molecule has 0 fully saturated rings. The van der Waals surface area contributed by atoms with Crippen LogP contribution < -0.4 is 5.32 Å². The third-order valence-electron chi connectivity index (χ3n) is 4.06. The topological polar surface area (TPSA) is 59.3 Å². The molecule has 0 aliphatic carbocycles. The summed E-state index contributed by atoms with van der Waals surface area (Å²) in [5.74, 6) is -0.135. The second-order valence-electron chi connectivity index (χ2n) is 5.99. The first kappa shape index (κ1) is 16.5. The largest absolute Gasteiger partial charge is 0.350 e. The quantitative estimate of drug-likeness (QED) is 0.572. The second-order valence-corrected chi connectivity index (χ2v) is 6.94. The molecule has 0 unspecified atom stereocenters. The van der Waals surface area contributed by atoms with Gasteiger partial charge in [-0.2, -0.15) is 0 Å². The molecule has 5 nitrogen and oxygen atoms in total. The minimum atomic E-state index is -0.135. The Morgan fingerprint density at radius 1 is 1.08 bits per heavy atom. The molecule has 3 aromatic heterocycles. The number of nitrogens with zero attached hydrogens (tertiary/aromatic N) is 3. The zero-order chi connectivity index (χ0) is 17.8. The molecule has 0 aliphatic heterocycles. The Labute approximate surface area is 155 Å². The maximum absolute atomic E-state index is 12.3. The number of hydrogen-bond donors (Lipinski definition) is 1. The number of carbonyl (C=O) groups is 1. The number of rotatable bonds is 6. The average Bonchev–Trinajstić information content (AvgIpc) is 3.29. The van der Waals surface area contributed by atoms with Crippen LogP contribution in [0.5, 0.6) is 0 Å². The highest BCUT2D eigenvalue weighted by atomic mass is 32.1. The fraction of sp³-hybridized carbons (Fsp3) is 0.150. The number of thiazole rings is 1. The minimum Gasteiger partial charge on any atom is -0.350 e. The van der Waals surface area contributed by atoms with Gasteiger partial charge < -0.3 is 9.72 Å².